The molecular formula is C32H44ClNO7. The van der Waals surface area contributed by atoms with Gasteiger partial charge in [-0.3, -0.25) is 19.2 Å². The van der Waals surface area contributed by atoms with Crippen LogP contribution in [0.1, 0.15) is 85.5 Å². The molecule has 0 aliphatic heterocycles. The third kappa shape index (κ3) is 4.21. The summed E-state index contributed by atoms with van der Waals surface area (Å²) >= 11 is 7.49. The highest BCUT2D eigenvalue weighted by Crippen LogP contribution is 2.71. The van der Waals surface area contributed by atoms with E-state index in [0.717, 1.165) is 5.57 Å². The second-order valence-corrected chi connectivity index (χ2v) is 14.9. The Morgan fingerprint density at radius 1 is 1.12 bits per heavy atom. The van der Waals surface area contributed by atoms with E-state index in [-0.39, 0.29) is 42.3 Å². The van der Waals surface area contributed by atoms with Crippen molar-refractivity contribution in [1.29, 1.82) is 0 Å². The Bertz CT molecular complexity index is 1220. The lowest BCUT2D eigenvalue weighted by Gasteiger charge is -2.64. The normalized spacial score (nSPS) is 47.0. The van der Waals surface area contributed by atoms with Crippen LogP contribution in [0.2, 0.25) is 0 Å². The highest BCUT2D eigenvalue weighted by atomic mass is 35.5. The monoisotopic (exact) mass is 589 g/mol. The van der Waals surface area contributed by atoms with Crippen LogP contribution in [-0.2, 0) is 19.2 Å². The van der Waals surface area contributed by atoms with Gasteiger partial charge in [0.1, 0.15) is 5.60 Å². The minimum atomic E-state index is -1.80. The summed E-state index contributed by atoms with van der Waals surface area (Å²) in [6.45, 7) is 7.65. The number of hydrogen-bond acceptors (Lipinski definition) is 6. The zero-order chi connectivity index (χ0) is 30.2. The number of fused-ring (bicyclic) bond motifs is 5. The molecule has 0 heterocycles. The quantitative estimate of drug-likeness (QED) is 0.344. The Hall–Kier alpha value is -2.03. The standard InChI is InChI=1S/C32H44ClNO7/c1-18-13-24-23-6-5-21-14-22(36)9-10-28(21,3)31(23,33)25(37)15-29(24,4)32(18,41)26(38)16-30(27(39)40)11-7-20(8-12-30)17-34-19(2)35/h9-10,14,18,20,23-25,37,41H,5-8,11-13,15-17H2,1-4H3,(H,34,35)(H,39,40)/t18-,20?,23-,24-,25-,28-,29-,30?,31+,32-/m0/s1. The molecule has 1 amide bonds. The fourth-order valence-corrected chi connectivity index (χ4v) is 10.3. The lowest BCUT2D eigenvalue weighted by Crippen LogP contribution is -2.69. The fraction of sp³-hybridized carbons (Fsp3) is 0.750. The average molecular weight is 590 g/mol. The third-order valence-electron chi connectivity index (χ3n) is 12.3. The van der Waals surface area contributed by atoms with E-state index in [1.165, 1.54) is 13.0 Å². The second kappa shape index (κ2) is 10.0. The number of nitrogens with one attached hydrogen (secondary N) is 1. The van der Waals surface area contributed by atoms with Gasteiger partial charge in [0, 0.05) is 30.7 Å². The molecule has 0 bridgehead atoms. The van der Waals surface area contributed by atoms with Crippen LogP contribution in [0.25, 0.3) is 0 Å². The Labute approximate surface area is 247 Å². The van der Waals surface area contributed by atoms with Crippen LogP contribution < -0.4 is 5.32 Å². The molecule has 0 spiro atoms. The van der Waals surface area contributed by atoms with Gasteiger partial charge in [0.25, 0.3) is 0 Å². The summed E-state index contributed by atoms with van der Waals surface area (Å²) in [5.74, 6) is -2.36. The van der Waals surface area contributed by atoms with E-state index >= 15 is 0 Å². The summed E-state index contributed by atoms with van der Waals surface area (Å²) in [5, 5.41) is 37.3. The van der Waals surface area contributed by atoms with Crippen molar-refractivity contribution in [2.24, 2.45) is 39.9 Å². The number of amides is 1. The average Bonchev–Trinajstić information content (AvgIpc) is 3.11. The van der Waals surface area contributed by atoms with E-state index in [1.807, 2.05) is 26.8 Å². The van der Waals surface area contributed by atoms with Crippen molar-refractivity contribution in [2.45, 2.75) is 102 Å². The zero-order valence-electron chi connectivity index (χ0n) is 24.5. The molecule has 5 aliphatic carbocycles. The Morgan fingerprint density at radius 3 is 2.39 bits per heavy atom. The number of aliphatic carboxylic acids is 1. The molecule has 0 radical (unpaired) electrons. The highest BCUT2D eigenvalue weighted by molar-refractivity contribution is 6.26. The maximum atomic E-state index is 14.2. The lowest BCUT2D eigenvalue weighted by atomic mass is 9.45. The predicted octanol–water partition coefficient (Wildman–Crippen LogP) is 3.96. The first-order valence-electron chi connectivity index (χ1n) is 15.1. The number of halogens is 1. The number of carbonyl (C=O) groups is 4. The smallest absolute Gasteiger partial charge is 0.310 e. The van der Waals surface area contributed by atoms with Gasteiger partial charge >= 0.3 is 5.97 Å². The van der Waals surface area contributed by atoms with Crippen molar-refractivity contribution < 1.29 is 34.5 Å². The van der Waals surface area contributed by atoms with Crippen LogP contribution in [0.5, 0.6) is 0 Å². The van der Waals surface area contributed by atoms with Crippen LogP contribution in [0.4, 0.5) is 0 Å². The Balaban J connectivity index is 1.42. The molecule has 5 rings (SSSR count). The number of rotatable bonds is 6. The number of allylic oxidation sites excluding steroid dienone is 4. The summed E-state index contributed by atoms with van der Waals surface area (Å²) < 4.78 is 0. The number of aliphatic hydroxyl groups is 2. The summed E-state index contributed by atoms with van der Waals surface area (Å²) in [5.41, 5.74) is -3.88. The van der Waals surface area contributed by atoms with E-state index in [9.17, 15) is 34.5 Å². The van der Waals surface area contributed by atoms with E-state index in [4.69, 9.17) is 11.6 Å². The first-order chi connectivity index (χ1) is 19.0. The van der Waals surface area contributed by atoms with Crippen molar-refractivity contribution in [1.82, 2.24) is 5.32 Å². The third-order valence-corrected chi connectivity index (χ3v) is 13.2. The second-order valence-electron chi connectivity index (χ2n) is 14.2. The van der Waals surface area contributed by atoms with Gasteiger partial charge in [0.2, 0.25) is 5.91 Å². The van der Waals surface area contributed by atoms with Crippen molar-refractivity contribution in [3.05, 3.63) is 23.8 Å². The van der Waals surface area contributed by atoms with E-state index in [2.05, 4.69) is 5.32 Å². The number of carboxylic acids is 1. The summed E-state index contributed by atoms with van der Waals surface area (Å²) in [7, 11) is 0. The van der Waals surface area contributed by atoms with Crippen molar-refractivity contribution in [2.75, 3.05) is 6.54 Å². The van der Waals surface area contributed by atoms with Gasteiger partial charge in [-0.1, -0.05) is 32.4 Å². The first kappa shape index (κ1) is 30.4. The molecule has 4 saturated carbocycles. The summed E-state index contributed by atoms with van der Waals surface area (Å²) in [6, 6.07) is 0. The molecule has 0 aromatic heterocycles. The number of aliphatic hydroxyl groups excluding tert-OH is 1. The maximum Gasteiger partial charge on any atom is 0.310 e. The zero-order valence-corrected chi connectivity index (χ0v) is 25.3. The Morgan fingerprint density at radius 2 is 1.78 bits per heavy atom. The number of hydrogen-bond donors (Lipinski definition) is 4. The van der Waals surface area contributed by atoms with Gasteiger partial charge in [0.05, 0.1) is 16.4 Å². The maximum absolute atomic E-state index is 14.2. The summed E-state index contributed by atoms with van der Waals surface area (Å²) in [4.78, 5) is 49.3. The minimum absolute atomic E-state index is 0.0858. The van der Waals surface area contributed by atoms with Gasteiger partial charge in [-0.2, -0.15) is 0 Å². The predicted molar refractivity (Wildman–Crippen MR) is 153 cm³/mol. The summed E-state index contributed by atoms with van der Waals surface area (Å²) in [6.07, 6.45) is 7.35. The molecule has 5 aliphatic rings. The van der Waals surface area contributed by atoms with Gasteiger partial charge in [-0.05, 0) is 87.2 Å². The topological polar surface area (TPSA) is 141 Å². The van der Waals surface area contributed by atoms with Crippen LogP contribution in [0.15, 0.2) is 23.8 Å². The van der Waals surface area contributed by atoms with E-state index < -0.39 is 50.5 Å². The van der Waals surface area contributed by atoms with Crippen LogP contribution in [0.3, 0.4) is 0 Å². The highest BCUT2D eigenvalue weighted by Gasteiger charge is 2.74. The molecule has 4 fully saturated rings. The molecule has 8 nitrogen and oxygen atoms in total. The number of carbonyl (C=O) groups excluding carboxylic acids is 3. The lowest BCUT2D eigenvalue weighted by molar-refractivity contribution is -0.182. The molecule has 9 heteroatoms. The number of ketones is 2. The fourth-order valence-electron chi connectivity index (χ4n) is 9.77. The van der Waals surface area contributed by atoms with Crippen molar-refractivity contribution in [3.63, 3.8) is 0 Å². The van der Waals surface area contributed by atoms with Crippen molar-refractivity contribution >= 4 is 35.0 Å². The molecule has 0 saturated heterocycles. The molecule has 226 valence electrons. The van der Waals surface area contributed by atoms with Crippen LogP contribution >= 0.6 is 11.6 Å². The van der Waals surface area contributed by atoms with Gasteiger partial charge in [-0.25, -0.2) is 0 Å². The Kier molecular flexibility index (Phi) is 7.44. The van der Waals surface area contributed by atoms with Gasteiger partial charge in [-0.15, -0.1) is 11.6 Å². The molecule has 41 heavy (non-hydrogen) atoms. The molecule has 4 N–H and O–H groups in total. The van der Waals surface area contributed by atoms with E-state index in [0.29, 0.717) is 51.5 Å². The number of carboxylic acid groups (broad SMARTS) is 1. The largest absolute Gasteiger partial charge is 0.481 e. The SMILES string of the molecule is CC(=O)NCC1CCC(CC(=O)[C@@]2(O)[C@@H](C)C[C@H]3[C@@H]4CCC5=CC(=O)C=C[C@]5(C)[C@]4(Cl)[C@@H](O)C[C@@]32C)(C(=O)O)CC1. The molecule has 0 unspecified atom stereocenters. The molecule has 0 aromatic rings. The first-order valence-corrected chi connectivity index (χ1v) is 15.5. The van der Waals surface area contributed by atoms with Crippen molar-refractivity contribution in [3.8, 4) is 0 Å². The molecular weight excluding hydrogens is 546 g/mol. The molecule has 0 aromatic carbocycles. The van der Waals surface area contributed by atoms with Crippen LogP contribution in [0, 0.1) is 39.9 Å². The number of alkyl halides is 1. The number of Topliss-reactive ketones (excluding diaryl/α,β-unsaturated/α-hetero) is 1. The minimum Gasteiger partial charge on any atom is -0.481 e. The van der Waals surface area contributed by atoms with Gasteiger partial charge < -0.3 is 20.6 Å². The molecule has 8 atom stereocenters. The van der Waals surface area contributed by atoms with E-state index in [1.54, 1.807) is 6.08 Å². The van der Waals surface area contributed by atoms with Gasteiger partial charge in [0.15, 0.2) is 11.6 Å². The van der Waals surface area contributed by atoms with Crippen LogP contribution in [-0.4, -0.2) is 61.9 Å².